The maximum atomic E-state index is 13.2. The lowest BCUT2D eigenvalue weighted by atomic mass is 10.1. The van der Waals surface area contributed by atoms with E-state index in [1.807, 2.05) is 28.7 Å². The van der Waals surface area contributed by atoms with Crippen molar-refractivity contribution in [2.45, 2.75) is 0 Å². The fourth-order valence-electron chi connectivity index (χ4n) is 2.52. The average molecular weight is 490 g/mol. The van der Waals surface area contributed by atoms with Crippen LogP contribution in [0.15, 0.2) is 66.7 Å². The first-order valence-corrected chi connectivity index (χ1v) is 9.36. The van der Waals surface area contributed by atoms with E-state index in [9.17, 15) is 14.0 Å². The van der Waals surface area contributed by atoms with Crippen molar-refractivity contribution in [1.29, 1.82) is 0 Å². The summed E-state index contributed by atoms with van der Waals surface area (Å²) in [5.74, 6) is -0.480. The molecule has 7 heteroatoms. The zero-order valence-corrected chi connectivity index (χ0v) is 17.0. The molecule has 5 nitrogen and oxygen atoms in total. The Kier molecular flexibility index (Phi) is 6.25. The number of nitrogens with one attached hydrogen (secondary N) is 2. The number of methoxy groups -OCH3 is 1. The molecule has 0 saturated heterocycles. The van der Waals surface area contributed by atoms with Crippen LogP contribution >= 0.6 is 22.6 Å². The number of carbonyl (C=O) groups excluding carboxylic acids is 2. The van der Waals surface area contributed by atoms with E-state index >= 15 is 0 Å². The zero-order valence-electron chi connectivity index (χ0n) is 14.8. The Morgan fingerprint density at radius 2 is 1.64 bits per heavy atom. The summed E-state index contributed by atoms with van der Waals surface area (Å²) < 4.78 is 18.9. The molecule has 0 aliphatic heterocycles. The van der Waals surface area contributed by atoms with E-state index < -0.39 is 5.82 Å². The van der Waals surface area contributed by atoms with Crippen LogP contribution < -0.4 is 15.4 Å². The van der Waals surface area contributed by atoms with Crippen LogP contribution in [0.3, 0.4) is 0 Å². The van der Waals surface area contributed by atoms with Crippen LogP contribution in [0.4, 0.5) is 15.8 Å². The van der Waals surface area contributed by atoms with Crippen LogP contribution in [0.1, 0.15) is 20.7 Å². The summed E-state index contributed by atoms with van der Waals surface area (Å²) in [6, 6.07) is 17.6. The molecule has 0 aromatic heterocycles. The molecule has 0 radical (unpaired) electrons. The molecule has 28 heavy (non-hydrogen) atoms. The molecule has 0 heterocycles. The van der Waals surface area contributed by atoms with E-state index in [4.69, 9.17) is 4.74 Å². The predicted molar refractivity (Wildman–Crippen MR) is 114 cm³/mol. The number of rotatable bonds is 5. The van der Waals surface area contributed by atoms with E-state index in [0.29, 0.717) is 31.8 Å². The summed E-state index contributed by atoms with van der Waals surface area (Å²) in [6.45, 7) is 0. The summed E-state index contributed by atoms with van der Waals surface area (Å²) in [5, 5.41) is 5.52. The fraction of sp³-hybridized carbons (Fsp3) is 0.0476. The van der Waals surface area contributed by atoms with Crippen molar-refractivity contribution in [1.82, 2.24) is 0 Å². The van der Waals surface area contributed by atoms with Gasteiger partial charge in [-0.1, -0.05) is 12.1 Å². The predicted octanol–water partition coefficient (Wildman–Crippen LogP) is 4.94. The number of halogens is 2. The van der Waals surface area contributed by atoms with Crippen LogP contribution in [-0.2, 0) is 0 Å². The lowest BCUT2D eigenvalue weighted by Crippen LogP contribution is -2.15. The quantitative estimate of drug-likeness (QED) is 0.498. The van der Waals surface area contributed by atoms with Crippen LogP contribution in [0.2, 0.25) is 0 Å². The van der Waals surface area contributed by atoms with Crippen LogP contribution in [0.25, 0.3) is 0 Å². The molecular formula is C21H16FIN2O3. The van der Waals surface area contributed by atoms with Crippen molar-refractivity contribution in [3.05, 3.63) is 87.2 Å². The van der Waals surface area contributed by atoms with E-state index in [2.05, 4.69) is 10.6 Å². The SMILES string of the molecule is COc1ccccc1NC(=O)c1ccc(NC(=O)c2ccc(F)cc2I)cc1. The van der Waals surface area contributed by atoms with Gasteiger partial charge in [-0.15, -0.1) is 0 Å². The highest BCUT2D eigenvalue weighted by Crippen LogP contribution is 2.24. The molecule has 3 aromatic carbocycles. The number of amides is 2. The maximum absolute atomic E-state index is 13.2. The van der Waals surface area contributed by atoms with Crippen LogP contribution in [0.5, 0.6) is 5.75 Å². The molecule has 0 saturated carbocycles. The normalized spacial score (nSPS) is 10.2. The monoisotopic (exact) mass is 490 g/mol. The molecule has 2 amide bonds. The molecule has 0 aliphatic carbocycles. The first-order valence-electron chi connectivity index (χ1n) is 8.29. The molecular weight excluding hydrogens is 474 g/mol. The molecule has 0 aliphatic rings. The first kappa shape index (κ1) is 19.8. The Labute approximate surface area is 175 Å². The van der Waals surface area contributed by atoms with Gasteiger partial charge < -0.3 is 15.4 Å². The standard InChI is InChI=1S/C21H16FIN2O3/c1-28-19-5-3-2-4-18(19)25-20(26)13-6-9-15(10-7-13)24-21(27)16-11-8-14(22)12-17(16)23/h2-12H,1H3,(H,24,27)(H,25,26). The van der Waals surface area contributed by atoms with Crippen LogP contribution in [0, 0.1) is 9.39 Å². The molecule has 0 bridgehead atoms. The molecule has 0 fully saturated rings. The number of carbonyl (C=O) groups is 2. The summed E-state index contributed by atoms with van der Waals surface area (Å²) >= 11 is 1.91. The second-order valence-electron chi connectivity index (χ2n) is 5.81. The summed E-state index contributed by atoms with van der Waals surface area (Å²) in [5.41, 5.74) is 1.90. The summed E-state index contributed by atoms with van der Waals surface area (Å²) in [4.78, 5) is 24.8. The second-order valence-corrected chi connectivity index (χ2v) is 6.97. The molecule has 3 rings (SSSR count). The van der Waals surface area contributed by atoms with E-state index in [1.54, 1.807) is 42.5 Å². The zero-order chi connectivity index (χ0) is 20.1. The van der Waals surface area contributed by atoms with Gasteiger partial charge in [0.1, 0.15) is 11.6 Å². The molecule has 2 N–H and O–H groups in total. The van der Waals surface area contributed by atoms with Crippen molar-refractivity contribution in [2.75, 3.05) is 17.7 Å². The number of ether oxygens (including phenoxy) is 1. The minimum Gasteiger partial charge on any atom is -0.495 e. The highest BCUT2D eigenvalue weighted by molar-refractivity contribution is 14.1. The lowest BCUT2D eigenvalue weighted by Gasteiger charge is -2.11. The topological polar surface area (TPSA) is 67.4 Å². The Balaban J connectivity index is 1.69. The lowest BCUT2D eigenvalue weighted by molar-refractivity contribution is 0.101. The van der Waals surface area contributed by atoms with Gasteiger partial charge in [0, 0.05) is 14.8 Å². The van der Waals surface area contributed by atoms with Gasteiger partial charge in [0.05, 0.1) is 18.4 Å². The van der Waals surface area contributed by atoms with Gasteiger partial charge in [0.15, 0.2) is 0 Å². The maximum Gasteiger partial charge on any atom is 0.256 e. The molecule has 142 valence electrons. The van der Waals surface area contributed by atoms with Crippen LogP contribution in [-0.4, -0.2) is 18.9 Å². The summed E-state index contributed by atoms with van der Waals surface area (Å²) in [6.07, 6.45) is 0. The number of anilines is 2. The van der Waals surface area contributed by atoms with Crippen molar-refractivity contribution < 1.29 is 18.7 Å². The van der Waals surface area contributed by atoms with Gasteiger partial charge in [-0.3, -0.25) is 9.59 Å². The Hall–Kier alpha value is -2.94. The molecule has 3 aromatic rings. The molecule has 0 spiro atoms. The van der Waals surface area contributed by atoms with Crippen molar-refractivity contribution in [3.63, 3.8) is 0 Å². The van der Waals surface area contributed by atoms with E-state index in [1.165, 1.54) is 25.3 Å². The third-order valence-corrected chi connectivity index (χ3v) is 4.83. The Morgan fingerprint density at radius 3 is 2.32 bits per heavy atom. The largest absolute Gasteiger partial charge is 0.495 e. The Bertz CT molecular complexity index is 1020. The van der Waals surface area contributed by atoms with Crippen molar-refractivity contribution >= 4 is 45.8 Å². The number of benzene rings is 3. The third-order valence-electron chi connectivity index (χ3n) is 3.94. The second kappa shape index (κ2) is 8.83. The highest BCUT2D eigenvalue weighted by atomic mass is 127. The van der Waals surface area contributed by atoms with Gasteiger partial charge in [-0.25, -0.2) is 4.39 Å². The van der Waals surface area contributed by atoms with E-state index in [-0.39, 0.29) is 11.8 Å². The number of para-hydroxylation sites is 2. The fourth-order valence-corrected chi connectivity index (χ4v) is 3.24. The molecule has 0 unspecified atom stereocenters. The van der Waals surface area contributed by atoms with Gasteiger partial charge in [-0.2, -0.15) is 0 Å². The smallest absolute Gasteiger partial charge is 0.256 e. The van der Waals surface area contributed by atoms with E-state index in [0.717, 1.165) is 0 Å². The first-order chi connectivity index (χ1) is 13.5. The minimum atomic E-state index is -0.397. The highest BCUT2D eigenvalue weighted by Gasteiger charge is 2.12. The average Bonchev–Trinajstić information content (AvgIpc) is 2.68. The summed E-state index contributed by atoms with van der Waals surface area (Å²) in [7, 11) is 1.53. The van der Waals surface area contributed by atoms with Gasteiger partial charge >= 0.3 is 0 Å². The number of hydrogen-bond donors (Lipinski definition) is 2. The van der Waals surface area contributed by atoms with Gasteiger partial charge in [0.2, 0.25) is 0 Å². The third kappa shape index (κ3) is 4.66. The number of hydrogen-bond acceptors (Lipinski definition) is 3. The van der Waals surface area contributed by atoms with Gasteiger partial charge in [0.25, 0.3) is 11.8 Å². The van der Waals surface area contributed by atoms with Crippen molar-refractivity contribution in [3.8, 4) is 5.75 Å². The van der Waals surface area contributed by atoms with Crippen molar-refractivity contribution in [2.24, 2.45) is 0 Å². The minimum absolute atomic E-state index is 0.296. The van der Waals surface area contributed by atoms with Gasteiger partial charge in [-0.05, 0) is 77.2 Å². The Morgan fingerprint density at radius 1 is 0.929 bits per heavy atom. The molecule has 0 atom stereocenters.